The summed E-state index contributed by atoms with van der Waals surface area (Å²) in [7, 11) is 5.98. The average molecular weight is 456 g/mol. The number of anilines is 1. The first-order valence-electron chi connectivity index (χ1n) is 10.4. The number of methoxy groups -OCH3 is 4. The molecular weight excluding hydrogens is 428 g/mol. The number of aromatic nitrogens is 1. The molecule has 0 bridgehead atoms. The van der Waals surface area contributed by atoms with Crippen molar-refractivity contribution in [1.29, 1.82) is 0 Å². The number of hydrogen-bond donors (Lipinski definition) is 0. The van der Waals surface area contributed by atoms with E-state index in [1.165, 1.54) is 40.6 Å². The second-order valence-corrected chi connectivity index (χ2v) is 6.89. The van der Waals surface area contributed by atoms with E-state index in [1.807, 2.05) is 19.9 Å². The van der Waals surface area contributed by atoms with Crippen molar-refractivity contribution in [2.75, 3.05) is 46.4 Å². The Hall–Kier alpha value is -3.88. The van der Waals surface area contributed by atoms with Crippen molar-refractivity contribution < 1.29 is 33.0 Å². The molecule has 0 saturated carbocycles. The van der Waals surface area contributed by atoms with Crippen molar-refractivity contribution in [1.82, 2.24) is 5.16 Å². The number of benzene rings is 2. The maximum Gasteiger partial charge on any atom is 0.343 e. The molecule has 0 spiro atoms. The predicted molar refractivity (Wildman–Crippen MR) is 123 cm³/mol. The van der Waals surface area contributed by atoms with E-state index in [9.17, 15) is 4.79 Å². The van der Waals surface area contributed by atoms with Crippen LogP contribution in [0.3, 0.4) is 0 Å². The fourth-order valence-corrected chi connectivity index (χ4v) is 3.36. The number of nitrogens with zero attached hydrogens (tertiary/aromatic N) is 2. The molecule has 0 aliphatic rings. The summed E-state index contributed by atoms with van der Waals surface area (Å²) in [5.41, 5.74) is 0.780. The highest BCUT2D eigenvalue weighted by Gasteiger charge is 2.21. The standard InChI is InChI=1S/C24H28N2O7/c1-7-26(8-2)22-14-19(33-25-22)17-10-9-16(28-3)13-18(17)32-24(27)15-11-20(29-4)23(31-6)21(12-15)30-5/h9-14H,7-8H2,1-6H3. The topological polar surface area (TPSA) is 92.5 Å². The average Bonchev–Trinajstić information content (AvgIpc) is 3.33. The molecule has 33 heavy (non-hydrogen) atoms. The van der Waals surface area contributed by atoms with Crippen LogP contribution in [0.1, 0.15) is 24.2 Å². The van der Waals surface area contributed by atoms with E-state index >= 15 is 0 Å². The minimum absolute atomic E-state index is 0.222. The van der Waals surface area contributed by atoms with Gasteiger partial charge in [-0.15, -0.1) is 0 Å². The second-order valence-electron chi connectivity index (χ2n) is 6.89. The molecule has 1 heterocycles. The zero-order valence-electron chi connectivity index (χ0n) is 19.6. The maximum absolute atomic E-state index is 13.1. The molecule has 176 valence electrons. The molecule has 0 atom stereocenters. The third-order valence-corrected chi connectivity index (χ3v) is 5.14. The van der Waals surface area contributed by atoms with Crippen LogP contribution in [-0.4, -0.2) is 52.7 Å². The van der Waals surface area contributed by atoms with E-state index in [0.29, 0.717) is 40.1 Å². The third-order valence-electron chi connectivity index (χ3n) is 5.14. The molecule has 0 amide bonds. The van der Waals surface area contributed by atoms with Gasteiger partial charge in [-0.05, 0) is 38.1 Å². The molecule has 0 N–H and O–H groups in total. The Morgan fingerprint density at radius 1 is 0.879 bits per heavy atom. The lowest BCUT2D eigenvalue weighted by Crippen LogP contribution is -2.21. The van der Waals surface area contributed by atoms with Gasteiger partial charge in [0, 0.05) is 25.2 Å². The molecule has 0 fully saturated rings. The van der Waals surface area contributed by atoms with Gasteiger partial charge in [0.1, 0.15) is 11.5 Å². The van der Waals surface area contributed by atoms with Crippen molar-refractivity contribution in [2.45, 2.75) is 13.8 Å². The first-order valence-corrected chi connectivity index (χ1v) is 10.4. The lowest BCUT2D eigenvalue weighted by molar-refractivity contribution is 0.0734. The summed E-state index contributed by atoms with van der Waals surface area (Å²) in [6, 6.07) is 9.98. The summed E-state index contributed by atoms with van der Waals surface area (Å²) in [4.78, 5) is 15.1. The lowest BCUT2D eigenvalue weighted by Gasteiger charge is -2.16. The van der Waals surface area contributed by atoms with Crippen LogP contribution in [0.15, 0.2) is 40.9 Å². The van der Waals surface area contributed by atoms with Gasteiger partial charge in [0.15, 0.2) is 23.1 Å². The predicted octanol–water partition coefficient (Wildman–Crippen LogP) is 4.44. The van der Waals surface area contributed by atoms with E-state index in [0.717, 1.165) is 13.1 Å². The Bertz CT molecular complexity index is 1080. The Kier molecular flexibility index (Phi) is 7.66. The molecular formula is C24H28N2O7. The van der Waals surface area contributed by atoms with E-state index in [4.69, 9.17) is 28.2 Å². The highest BCUT2D eigenvalue weighted by molar-refractivity contribution is 5.93. The van der Waals surface area contributed by atoms with Crippen LogP contribution < -0.4 is 28.6 Å². The molecule has 3 rings (SSSR count). The SMILES string of the molecule is CCN(CC)c1cc(-c2ccc(OC)cc2OC(=O)c2cc(OC)c(OC)c(OC)c2)on1. The van der Waals surface area contributed by atoms with Gasteiger partial charge in [0.2, 0.25) is 5.75 Å². The van der Waals surface area contributed by atoms with Gasteiger partial charge in [0.25, 0.3) is 0 Å². The summed E-state index contributed by atoms with van der Waals surface area (Å²) in [6.45, 7) is 5.65. The Morgan fingerprint density at radius 3 is 2.09 bits per heavy atom. The van der Waals surface area contributed by atoms with E-state index in [-0.39, 0.29) is 11.3 Å². The van der Waals surface area contributed by atoms with E-state index in [2.05, 4.69) is 10.1 Å². The minimum Gasteiger partial charge on any atom is -0.497 e. The normalized spacial score (nSPS) is 10.5. The fourth-order valence-electron chi connectivity index (χ4n) is 3.36. The molecule has 9 nitrogen and oxygen atoms in total. The van der Waals surface area contributed by atoms with Crippen molar-refractivity contribution in [2.24, 2.45) is 0 Å². The zero-order chi connectivity index (χ0) is 24.0. The van der Waals surface area contributed by atoms with Crippen LogP contribution in [0.4, 0.5) is 5.82 Å². The van der Waals surface area contributed by atoms with E-state index < -0.39 is 5.97 Å². The molecule has 0 unspecified atom stereocenters. The highest BCUT2D eigenvalue weighted by atomic mass is 16.5. The molecule has 0 saturated heterocycles. The molecule has 2 aromatic carbocycles. The van der Waals surface area contributed by atoms with Gasteiger partial charge in [-0.1, -0.05) is 5.16 Å². The third kappa shape index (κ3) is 4.97. The Labute approximate surface area is 192 Å². The molecule has 0 aliphatic carbocycles. The van der Waals surface area contributed by atoms with Crippen LogP contribution in [0.25, 0.3) is 11.3 Å². The number of hydrogen-bond acceptors (Lipinski definition) is 9. The van der Waals surface area contributed by atoms with E-state index in [1.54, 1.807) is 18.2 Å². The van der Waals surface area contributed by atoms with Gasteiger partial charge in [-0.25, -0.2) is 4.79 Å². The number of ether oxygens (including phenoxy) is 5. The first-order chi connectivity index (χ1) is 16.0. The van der Waals surface area contributed by atoms with Crippen molar-refractivity contribution in [3.8, 4) is 40.1 Å². The molecule has 1 aromatic heterocycles. The van der Waals surface area contributed by atoms with Crippen molar-refractivity contribution >= 4 is 11.8 Å². The first kappa shape index (κ1) is 23.8. The van der Waals surface area contributed by atoms with Crippen LogP contribution >= 0.6 is 0 Å². The van der Waals surface area contributed by atoms with Crippen molar-refractivity contribution in [3.63, 3.8) is 0 Å². The number of rotatable bonds is 10. The fraction of sp³-hybridized carbons (Fsp3) is 0.333. The van der Waals surface area contributed by atoms with Gasteiger partial charge < -0.3 is 33.1 Å². The molecule has 3 aromatic rings. The van der Waals surface area contributed by atoms with Gasteiger partial charge in [-0.2, -0.15) is 0 Å². The zero-order valence-corrected chi connectivity index (χ0v) is 19.6. The number of carbonyl (C=O) groups excluding carboxylic acids is 1. The number of carbonyl (C=O) groups is 1. The van der Waals surface area contributed by atoms with Crippen molar-refractivity contribution in [3.05, 3.63) is 42.0 Å². The number of esters is 1. The summed E-state index contributed by atoms with van der Waals surface area (Å²) in [5, 5.41) is 4.15. The quantitative estimate of drug-likeness (QED) is 0.324. The smallest absolute Gasteiger partial charge is 0.343 e. The van der Waals surface area contributed by atoms with Crippen LogP contribution in [0.2, 0.25) is 0 Å². The lowest BCUT2D eigenvalue weighted by atomic mass is 10.1. The van der Waals surface area contributed by atoms with Gasteiger partial charge in [0.05, 0.1) is 39.6 Å². The van der Waals surface area contributed by atoms with Crippen LogP contribution in [-0.2, 0) is 0 Å². The van der Waals surface area contributed by atoms with Crippen LogP contribution in [0, 0.1) is 0 Å². The summed E-state index contributed by atoms with van der Waals surface area (Å²) >= 11 is 0. The van der Waals surface area contributed by atoms with Gasteiger partial charge in [-0.3, -0.25) is 0 Å². The Balaban J connectivity index is 1.99. The monoisotopic (exact) mass is 456 g/mol. The Morgan fingerprint density at radius 2 is 1.55 bits per heavy atom. The largest absolute Gasteiger partial charge is 0.497 e. The molecule has 0 aliphatic heterocycles. The van der Waals surface area contributed by atoms with Gasteiger partial charge >= 0.3 is 5.97 Å². The summed E-state index contributed by atoms with van der Waals surface area (Å²) in [5.74, 6) is 2.39. The highest BCUT2D eigenvalue weighted by Crippen LogP contribution is 2.39. The second kappa shape index (κ2) is 10.6. The molecule has 0 radical (unpaired) electrons. The summed E-state index contributed by atoms with van der Waals surface area (Å²) in [6.07, 6.45) is 0. The summed E-state index contributed by atoms with van der Waals surface area (Å²) < 4.78 is 32.6. The minimum atomic E-state index is -0.618. The molecule has 9 heteroatoms. The maximum atomic E-state index is 13.1. The van der Waals surface area contributed by atoms with Crippen LogP contribution in [0.5, 0.6) is 28.7 Å².